The van der Waals surface area contributed by atoms with Crippen molar-refractivity contribution in [3.63, 3.8) is 0 Å². The smallest absolute Gasteiger partial charge is 0.409 e. The molecule has 0 aromatic heterocycles. The Morgan fingerprint density at radius 3 is 2.32 bits per heavy atom. The van der Waals surface area contributed by atoms with Gasteiger partial charge in [-0.25, -0.2) is 9.59 Å². The molecular formula is C12H13N2O8-. The van der Waals surface area contributed by atoms with Crippen LogP contribution in [0.5, 0.6) is 0 Å². The van der Waals surface area contributed by atoms with E-state index in [4.69, 9.17) is 15.4 Å². The van der Waals surface area contributed by atoms with Crippen molar-refractivity contribution in [1.29, 1.82) is 0 Å². The normalized spacial score (nSPS) is 12.9. The molecule has 0 aliphatic rings. The Hall–Kier alpha value is -2.85. The van der Waals surface area contributed by atoms with Crippen molar-refractivity contribution < 1.29 is 34.5 Å². The maximum Gasteiger partial charge on any atom is 0.409 e. The summed E-state index contributed by atoms with van der Waals surface area (Å²) in [5, 5.41) is 39.0. The van der Waals surface area contributed by atoms with Crippen molar-refractivity contribution in [2.24, 2.45) is 0 Å². The number of carbonyl (C=O) groups excluding carboxylic acids is 1. The Balaban J connectivity index is 2.99. The number of nitrogens with zero attached hydrogens (tertiary/aromatic N) is 1. The average Bonchev–Trinajstić information content (AvgIpc) is 2.44. The number of anilines is 1. The summed E-state index contributed by atoms with van der Waals surface area (Å²) in [5.74, 6) is -2.95. The predicted octanol–water partition coefficient (Wildman–Crippen LogP) is 0.705. The van der Waals surface area contributed by atoms with E-state index in [-0.39, 0.29) is 5.56 Å². The highest BCUT2D eigenvalue weighted by molar-refractivity contribution is 5.83. The van der Waals surface area contributed by atoms with E-state index >= 15 is 0 Å². The third-order valence-electron chi connectivity index (χ3n) is 2.58. The summed E-state index contributed by atoms with van der Waals surface area (Å²) in [6.07, 6.45) is -3.20. The molecule has 10 heteroatoms. The number of rotatable bonds is 6. The first kappa shape index (κ1) is 17.2. The monoisotopic (exact) mass is 313 g/mol. The Bertz CT molecular complexity index is 574. The molecule has 0 saturated heterocycles. The number of hydrogen-bond donors (Lipinski definition) is 4. The SMILES string of the molecule is C[C@H](NC(=O)OC(C(=O)O)c1ccccc1N([O-])O)C(=O)O. The van der Waals surface area contributed by atoms with Gasteiger partial charge in [0.05, 0.1) is 5.69 Å². The van der Waals surface area contributed by atoms with Gasteiger partial charge in [-0.15, -0.1) is 0 Å². The molecule has 0 radical (unpaired) electrons. The van der Waals surface area contributed by atoms with E-state index in [0.717, 1.165) is 13.0 Å². The molecule has 0 heterocycles. The van der Waals surface area contributed by atoms with Gasteiger partial charge in [0.1, 0.15) is 6.04 Å². The fraction of sp³-hybridized carbons (Fsp3) is 0.250. The standard InChI is InChI=1S/C12H13N2O8/c1-6(10(15)16)13-12(19)22-9(11(17)18)7-4-2-3-5-8(7)14(20)21/h2-6,9,20H,1H3,(H,13,19)(H,15,16)(H,17,18)/q-1/t6-,9?/m0/s1. The van der Waals surface area contributed by atoms with Gasteiger partial charge in [0.15, 0.2) is 0 Å². The second kappa shape index (κ2) is 7.24. The minimum absolute atomic E-state index is 0.273. The van der Waals surface area contributed by atoms with Gasteiger partial charge in [0, 0.05) is 5.56 Å². The maximum absolute atomic E-state index is 11.5. The third kappa shape index (κ3) is 4.33. The molecule has 0 saturated carbocycles. The maximum atomic E-state index is 11.5. The van der Waals surface area contributed by atoms with Gasteiger partial charge in [-0.1, -0.05) is 18.2 Å². The fourth-order valence-electron chi connectivity index (χ4n) is 1.51. The van der Waals surface area contributed by atoms with E-state index in [0.29, 0.717) is 0 Å². The molecule has 0 fully saturated rings. The number of benzene rings is 1. The largest absolute Gasteiger partial charge is 0.733 e. The Kier molecular flexibility index (Phi) is 5.66. The second-order valence-corrected chi connectivity index (χ2v) is 4.16. The lowest BCUT2D eigenvalue weighted by atomic mass is 10.1. The summed E-state index contributed by atoms with van der Waals surface area (Å²) < 4.78 is 4.62. The van der Waals surface area contributed by atoms with Crippen LogP contribution in [0.4, 0.5) is 10.5 Å². The number of para-hydroxylation sites is 1. The van der Waals surface area contributed by atoms with E-state index < -0.39 is 41.1 Å². The first-order chi connectivity index (χ1) is 10.2. The molecule has 2 atom stereocenters. The van der Waals surface area contributed by atoms with Crippen LogP contribution in [0.2, 0.25) is 0 Å². The van der Waals surface area contributed by atoms with Crippen LogP contribution in [0.3, 0.4) is 0 Å². The molecule has 22 heavy (non-hydrogen) atoms. The van der Waals surface area contributed by atoms with E-state index in [9.17, 15) is 19.6 Å². The van der Waals surface area contributed by atoms with Crippen LogP contribution < -0.4 is 10.5 Å². The number of hydrogen-bond acceptors (Lipinski definition) is 7. The summed E-state index contributed by atoms with van der Waals surface area (Å²) in [6.45, 7) is 1.15. The summed E-state index contributed by atoms with van der Waals surface area (Å²) in [6, 6.07) is 3.74. The second-order valence-electron chi connectivity index (χ2n) is 4.16. The molecule has 1 aromatic rings. The van der Waals surface area contributed by atoms with Crippen molar-refractivity contribution in [1.82, 2.24) is 5.32 Å². The third-order valence-corrected chi connectivity index (χ3v) is 2.58. The van der Waals surface area contributed by atoms with E-state index in [1.165, 1.54) is 18.2 Å². The van der Waals surface area contributed by atoms with E-state index in [1.807, 2.05) is 5.32 Å². The van der Waals surface area contributed by atoms with Gasteiger partial charge < -0.3 is 30.7 Å². The number of amides is 1. The van der Waals surface area contributed by atoms with Crippen LogP contribution in [0, 0.1) is 5.21 Å². The lowest BCUT2D eigenvalue weighted by Gasteiger charge is -2.26. The Morgan fingerprint density at radius 1 is 1.23 bits per heavy atom. The molecule has 0 spiro atoms. The molecule has 1 aromatic carbocycles. The number of aliphatic carboxylic acids is 2. The van der Waals surface area contributed by atoms with Gasteiger partial charge in [0.25, 0.3) is 0 Å². The number of ether oxygens (including phenoxy) is 1. The Labute approximate surface area is 124 Å². The van der Waals surface area contributed by atoms with E-state index in [1.54, 1.807) is 0 Å². The van der Waals surface area contributed by atoms with Crippen LogP contribution in [-0.4, -0.2) is 39.5 Å². The molecule has 1 unspecified atom stereocenters. The highest BCUT2D eigenvalue weighted by Crippen LogP contribution is 2.28. The van der Waals surface area contributed by atoms with Crippen LogP contribution in [0.15, 0.2) is 24.3 Å². The molecule has 0 bridgehead atoms. The molecule has 120 valence electrons. The highest BCUT2D eigenvalue weighted by atomic mass is 16.8. The quantitative estimate of drug-likeness (QED) is 0.554. The van der Waals surface area contributed by atoms with Crippen molar-refractivity contribution in [2.45, 2.75) is 19.1 Å². The molecule has 4 N–H and O–H groups in total. The number of alkyl carbamates (subject to hydrolysis) is 1. The molecular weight excluding hydrogens is 300 g/mol. The number of carbonyl (C=O) groups is 3. The van der Waals surface area contributed by atoms with Crippen molar-refractivity contribution >= 4 is 23.7 Å². The molecule has 0 aliphatic carbocycles. The van der Waals surface area contributed by atoms with Crippen molar-refractivity contribution in [3.8, 4) is 0 Å². The van der Waals surface area contributed by atoms with Gasteiger partial charge in [0.2, 0.25) is 6.10 Å². The van der Waals surface area contributed by atoms with Crippen molar-refractivity contribution in [3.05, 3.63) is 35.0 Å². The topological polar surface area (TPSA) is 159 Å². The predicted molar refractivity (Wildman–Crippen MR) is 71.2 cm³/mol. The summed E-state index contributed by atoms with van der Waals surface area (Å²) >= 11 is 0. The van der Waals surface area contributed by atoms with Crippen LogP contribution in [-0.2, 0) is 14.3 Å². The number of nitrogens with one attached hydrogen (secondary N) is 1. The first-order valence-corrected chi connectivity index (χ1v) is 5.91. The van der Waals surface area contributed by atoms with Gasteiger partial charge in [-0.3, -0.25) is 10.0 Å². The van der Waals surface area contributed by atoms with E-state index in [2.05, 4.69) is 4.74 Å². The summed E-state index contributed by atoms with van der Waals surface area (Å²) in [7, 11) is 0. The zero-order valence-corrected chi connectivity index (χ0v) is 11.3. The first-order valence-electron chi connectivity index (χ1n) is 5.91. The fourth-order valence-corrected chi connectivity index (χ4v) is 1.51. The number of carboxylic acids is 2. The Morgan fingerprint density at radius 2 is 1.82 bits per heavy atom. The zero-order valence-electron chi connectivity index (χ0n) is 11.3. The van der Waals surface area contributed by atoms with Gasteiger partial charge in [-0.2, -0.15) is 0 Å². The molecule has 1 amide bonds. The van der Waals surface area contributed by atoms with Gasteiger partial charge in [-0.05, 0) is 13.0 Å². The lowest BCUT2D eigenvalue weighted by molar-refractivity contribution is -0.147. The lowest BCUT2D eigenvalue weighted by Crippen LogP contribution is -2.40. The van der Waals surface area contributed by atoms with Crippen molar-refractivity contribution in [2.75, 3.05) is 5.23 Å². The van der Waals surface area contributed by atoms with Gasteiger partial charge >= 0.3 is 18.0 Å². The summed E-state index contributed by atoms with van der Waals surface area (Å²) in [4.78, 5) is 33.3. The zero-order chi connectivity index (χ0) is 16.9. The van der Waals surface area contributed by atoms with Crippen LogP contribution in [0.1, 0.15) is 18.6 Å². The van der Waals surface area contributed by atoms with Crippen LogP contribution in [0.25, 0.3) is 0 Å². The molecule has 1 rings (SSSR count). The average molecular weight is 313 g/mol. The highest BCUT2D eigenvalue weighted by Gasteiger charge is 2.28. The summed E-state index contributed by atoms with van der Waals surface area (Å²) in [5.41, 5.74) is -0.695. The molecule has 10 nitrogen and oxygen atoms in total. The minimum Gasteiger partial charge on any atom is -0.733 e. The number of carboxylic acid groups (broad SMARTS) is 2. The van der Waals surface area contributed by atoms with Crippen LogP contribution >= 0.6 is 0 Å². The molecule has 0 aliphatic heterocycles. The minimum atomic E-state index is -1.90.